The standard InChI is InChI=1S/C11H16N2O/c1-3-12-8-11(14)13-10-6-4-9(2)5-7-10/h4-7,12H,3,8H2,1-2H3,(H,13,14). The number of carbonyl (C=O) groups excluding carboxylic acids is 1. The van der Waals surface area contributed by atoms with Crippen molar-refractivity contribution in [1.82, 2.24) is 5.32 Å². The number of likely N-dealkylation sites (N-methyl/N-ethyl adjacent to an activating group) is 1. The van der Waals surface area contributed by atoms with Crippen LogP contribution in [0.25, 0.3) is 0 Å². The van der Waals surface area contributed by atoms with Gasteiger partial charge in [-0.1, -0.05) is 24.6 Å². The molecule has 1 aromatic rings. The van der Waals surface area contributed by atoms with Crippen molar-refractivity contribution < 1.29 is 4.79 Å². The van der Waals surface area contributed by atoms with E-state index in [0.717, 1.165) is 12.2 Å². The summed E-state index contributed by atoms with van der Waals surface area (Å²) in [4.78, 5) is 11.3. The quantitative estimate of drug-likeness (QED) is 0.759. The minimum atomic E-state index is -0.00398. The Morgan fingerprint density at radius 1 is 1.29 bits per heavy atom. The normalized spacial score (nSPS) is 9.86. The van der Waals surface area contributed by atoms with Crippen LogP contribution in [0.5, 0.6) is 0 Å². The molecule has 1 aromatic carbocycles. The molecule has 0 spiro atoms. The van der Waals surface area contributed by atoms with E-state index in [1.807, 2.05) is 38.1 Å². The Labute approximate surface area is 84.5 Å². The first-order valence-electron chi connectivity index (χ1n) is 4.79. The van der Waals surface area contributed by atoms with Gasteiger partial charge in [0.2, 0.25) is 5.91 Å². The first-order chi connectivity index (χ1) is 6.72. The van der Waals surface area contributed by atoms with E-state index in [9.17, 15) is 4.79 Å². The number of rotatable bonds is 4. The number of hydrogen-bond acceptors (Lipinski definition) is 2. The van der Waals surface area contributed by atoms with Crippen molar-refractivity contribution in [1.29, 1.82) is 0 Å². The number of amides is 1. The largest absolute Gasteiger partial charge is 0.325 e. The molecule has 0 aliphatic rings. The summed E-state index contributed by atoms with van der Waals surface area (Å²) in [5.74, 6) is -0.00398. The highest BCUT2D eigenvalue weighted by Crippen LogP contribution is 2.07. The lowest BCUT2D eigenvalue weighted by atomic mass is 10.2. The Balaban J connectivity index is 2.44. The Morgan fingerprint density at radius 2 is 1.93 bits per heavy atom. The molecule has 0 aliphatic heterocycles. The zero-order valence-corrected chi connectivity index (χ0v) is 8.63. The molecule has 0 fully saturated rings. The Hall–Kier alpha value is -1.35. The zero-order valence-electron chi connectivity index (χ0n) is 8.63. The lowest BCUT2D eigenvalue weighted by Gasteiger charge is -2.05. The van der Waals surface area contributed by atoms with Gasteiger partial charge in [0, 0.05) is 5.69 Å². The third-order valence-corrected chi connectivity index (χ3v) is 1.87. The minimum absolute atomic E-state index is 0.00398. The van der Waals surface area contributed by atoms with Crippen LogP contribution in [-0.4, -0.2) is 19.0 Å². The summed E-state index contributed by atoms with van der Waals surface area (Å²) >= 11 is 0. The van der Waals surface area contributed by atoms with Crippen molar-refractivity contribution in [3.05, 3.63) is 29.8 Å². The van der Waals surface area contributed by atoms with Gasteiger partial charge in [-0.05, 0) is 25.6 Å². The summed E-state index contributed by atoms with van der Waals surface area (Å²) < 4.78 is 0. The predicted molar refractivity (Wildman–Crippen MR) is 58.4 cm³/mol. The molecule has 0 aromatic heterocycles. The van der Waals surface area contributed by atoms with Crippen molar-refractivity contribution >= 4 is 11.6 Å². The van der Waals surface area contributed by atoms with E-state index in [1.165, 1.54) is 5.56 Å². The lowest BCUT2D eigenvalue weighted by molar-refractivity contribution is -0.115. The molecule has 0 saturated heterocycles. The van der Waals surface area contributed by atoms with Crippen LogP contribution in [0.4, 0.5) is 5.69 Å². The summed E-state index contributed by atoms with van der Waals surface area (Å²) in [6.45, 7) is 5.16. The molecule has 0 radical (unpaired) electrons. The van der Waals surface area contributed by atoms with Crippen molar-refractivity contribution in [3.63, 3.8) is 0 Å². The predicted octanol–water partition coefficient (Wildman–Crippen LogP) is 1.54. The number of carbonyl (C=O) groups is 1. The Bertz CT molecular complexity index is 293. The Morgan fingerprint density at radius 3 is 2.50 bits per heavy atom. The van der Waals surface area contributed by atoms with Gasteiger partial charge in [0.25, 0.3) is 0 Å². The van der Waals surface area contributed by atoms with Gasteiger partial charge in [0.1, 0.15) is 0 Å². The molecule has 0 unspecified atom stereocenters. The van der Waals surface area contributed by atoms with Gasteiger partial charge in [0.15, 0.2) is 0 Å². The third kappa shape index (κ3) is 3.58. The number of benzene rings is 1. The van der Waals surface area contributed by atoms with E-state index in [0.29, 0.717) is 6.54 Å². The maximum Gasteiger partial charge on any atom is 0.238 e. The van der Waals surface area contributed by atoms with Gasteiger partial charge < -0.3 is 10.6 Å². The van der Waals surface area contributed by atoms with Gasteiger partial charge in [0.05, 0.1) is 6.54 Å². The molecule has 3 heteroatoms. The van der Waals surface area contributed by atoms with Crippen LogP contribution in [0, 0.1) is 6.92 Å². The summed E-state index contributed by atoms with van der Waals surface area (Å²) in [5.41, 5.74) is 2.04. The fourth-order valence-corrected chi connectivity index (χ4v) is 1.08. The van der Waals surface area contributed by atoms with Crippen LogP contribution in [0.1, 0.15) is 12.5 Å². The summed E-state index contributed by atoms with van der Waals surface area (Å²) in [6, 6.07) is 7.75. The summed E-state index contributed by atoms with van der Waals surface area (Å²) in [6.07, 6.45) is 0. The van der Waals surface area contributed by atoms with E-state index in [4.69, 9.17) is 0 Å². The van der Waals surface area contributed by atoms with Crippen LogP contribution in [-0.2, 0) is 4.79 Å². The van der Waals surface area contributed by atoms with Gasteiger partial charge in [-0.25, -0.2) is 0 Å². The molecule has 76 valence electrons. The first kappa shape index (κ1) is 10.7. The maximum atomic E-state index is 11.3. The number of anilines is 1. The van der Waals surface area contributed by atoms with Gasteiger partial charge in [-0.3, -0.25) is 4.79 Å². The molecule has 0 aliphatic carbocycles. The molecule has 1 amide bonds. The van der Waals surface area contributed by atoms with E-state index in [2.05, 4.69) is 10.6 Å². The molecule has 1 rings (SSSR count). The summed E-state index contributed by atoms with van der Waals surface area (Å²) in [5, 5.41) is 5.77. The molecular formula is C11H16N2O. The molecule has 3 nitrogen and oxygen atoms in total. The van der Waals surface area contributed by atoms with E-state index in [-0.39, 0.29) is 5.91 Å². The highest BCUT2D eigenvalue weighted by Gasteiger charge is 1.99. The van der Waals surface area contributed by atoms with Gasteiger partial charge >= 0.3 is 0 Å². The van der Waals surface area contributed by atoms with Crippen LogP contribution in [0.3, 0.4) is 0 Å². The van der Waals surface area contributed by atoms with Crippen LogP contribution in [0.15, 0.2) is 24.3 Å². The van der Waals surface area contributed by atoms with Crippen LogP contribution < -0.4 is 10.6 Å². The van der Waals surface area contributed by atoms with Gasteiger partial charge in [-0.2, -0.15) is 0 Å². The molecule has 2 N–H and O–H groups in total. The first-order valence-corrected chi connectivity index (χ1v) is 4.79. The van der Waals surface area contributed by atoms with Gasteiger partial charge in [-0.15, -0.1) is 0 Å². The summed E-state index contributed by atoms with van der Waals surface area (Å²) in [7, 11) is 0. The highest BCUT2D eigenvalue weighted by atomic mass is 16.1. The third-order valence-electron chi connectivity index (χ3n) is 1.87. The second-order valence-electron chi connectivity index (χ2n) is 3.19. The van der Waals surface area contributed by atoms with Crippen LogP contribution >= 0.6 is 0 Å². The van der Waals surface area contributed by atoms with Crippen LogP contribution in [0.2, 0.25) is 0 Å². The molecule has 0 saturated carbocycles. The minimum Gasteiger partial charge on any atom is -0.325 e. The molecule has 14 heavy (non-hydrogen) atoms. The molecule has 0 heterocycles. The van der Waals surface area contributed by atoms with E-state index < -0.39 is 0 Å². The number of aryl methyl sites for hydroxylation is 1. The maximum absolute atomic E-state index is 11.3. The number of nitrogens with one attached hydrogen (secondary N) is 2. The second kappa shape index (κ2) is 5.40. The zero-order chi connectivity index (χ0) is 10.4. The molecule has 0 atom stereocenters. The van der Waals surface area contributed by atoms with Crippen molar-refractivity contribution in [3.8, 4) is 0 Å². The fourth-order valence-electron chi connectivity index (χ4n) is 1.08. The Kier molecular flexibility index (Phi) is 4.13. The SMILES string of the molecule is CCNCC(=O)Nc1ccc(C)cc1. The average Bonchev–Trinajstić information content (AvgIpc) is 2.18. The van der Waals surface area contributed by atoms with Crippen molar-refractivity contribution in [2.75, 3.05) is 18.4 Å². The van der Waals surface area contributed by atoms with E-state index >= 15 is 0 Å². The topological polar surface area (TPSA) is 41.1 Å². The number of hydrogen-bond donors (Lipinski definition) is 2. The van der Waals surface area contributed by atoms with Crippen molar-refractivity contribution in [2.24, 2.45) is 0 Å². The van der Waals surface area contributed by atoms with E-state index in [1.54, 1.807) is 0 Å². The monoisotopic (exact) mass is 192 g/mol. The molecular weight excluding hydrogens is 176 g/mol. The lowest BCUT2D eigenvalue weighted by Crippen LogP contribution is -2.27. The van der Waals surface area contributed by atoms with Crippen molar-refractivity contribution in [2.45, 2.75) is 13.8 Å². The molecule has 0 bridgehead atoms. The fraction of sp³-hybridized carbons (Fsp3) is 0.364. The average molecular weight is 192 g/mol. The second-order valence-corrected chi connectivity index (χ2v) is 3.19. The highest BCUT2D eigenvalue weighted by molar-refractivity contribution is 5.92. The smallest absolute Gasteiger partial charge is 0.238 e.